The Morgan fingerprint density at radius 2 is 2.27 bits per heavy atom. The summed E-state index contributed by atoms with van der Waals surface area (Å²) in [4.78, 5) is 20.8. The van der Waals surface area contributed by atoms with Crippen LogP contribution in [0.25, 0.3) is 5.65 Å². The summed E-state index contributed by atoms with van der Waals surface area (Å²) in [7, 11) is 0. The number of thiophene rings is 1. The standard InChI is InChI=1S/C17H17N3OS/c1-12-3-2-6-20-16(21)9-14(18-17(12)20)11-19-7-4-15-13(10-19)5-8-22-15/h2-3,5-6,8-9H,4,7,10-11H2,1H3. The molecule has 0 aliphatic carbocycles. The molecule has 4 heterocycles. The van der Waals surface area contributed by atoms with E-state index in [1.54, 1.807) is 16.7 Å². The maximum Gasteiger partial charge on any atom is 0.258 e. The van der Waals surface area contributed by atoms with Gasteiger partial charge in [-0.2, -0.15) is 0 Å². The van der Waals surface area contributed by atoms with Crippen molar-refractivity contribution in [3.8, 4) is 0 Å². The van der Waals surface area contributed by atoms with E-state index in [0.29, 0.717) is 0 Å². The average molecular weight is 311 g/mol. The molecule has 0 fully saturated rings. The summed E-state index contributed by atoms with van der Waals surface area (Å²) >= 11 is 1.84. The van der Waals surface area contributed by atoms with Crippen molar-refractivity contribution in [2.24, 2.45) is 0 Å². The molecule has 1 aliphatic rings. The summed E-state index contributed by atoms with van der Waals surface area (Å²) in [6, 6.07) is 7.74. The van der Waals surface area contributed by atoms with Gasteiger partial charge in [0.1, 0.15) is 5.65 Å². The molecule has 0 N–H and O–H groups in total. The monoisotopic (exact) mass is 311 g/mol. The van der Waals surface area contributed by atoms with Gasteiger partial charge in [-0.25, -0.2) is 4.98 Å². The number of pyridine rings is 1. The molecule has 0 unspecified atom stereocenters. The van der Waals surface area contributed by atoms with E-state index in [4.69, 9.17) is 4.98 Å². The van der Waals surface area contributed by atoms with Gasteiger partial charge < -0.3 is 0 Å². The van der Waals surface area contributed by atoms with Crippen LogP contribution in [-0.4, -0.2) is 20.8 Å². The molecular formula is C17H17N3OS. The maximum atomic E-state index is 12.3. The van der Waals surface area contributed by atoms with Gasteiger partial charge in [0.15, 0.2) is 0 Å². The van der Waals surface area contributed by atoms with Crippen molar-refractivity contribution in [1.82, 2.24) is 14.3 Å². The zero-order valence-electron chi connectivity index (χ0n) is 12.5. The molecule has 0 aromatic carbocycles. The summed E-state index contributed by atoms with van der Waals surface area (Å²) in [6.45, 7) is 4.70. The highest BCUT2D eigenvalue weighted by atomic mass is 32.1. The Kier molecular flexibility index (Phi) is 3.32. The van der Waals surface area contributed by atoms with Crippen LogP contribution in [0.3, 0.4) is 0 Å². The van der Waals surface area contributed by atoms with Crippen LogP contribution < -0.4 is 5.56 Å². The fraction of sp³-hybridized carbons (Fsp3) is 0.294. The van der Waals surface area contributed by atoms with Gasteiger partial charge in [-0.3, -0.25) is 14.1 Å². The van der Waals surface area contributed by atoms with E-state index in [9.17, 15) is 4.79 Å². The Labute approximate surface area is 132 Å². The normalized spacial score (nSPS) is 15.1. The number of rotatable bonds is 2. The Balaban J connectivity index is 1.65. The minimum Gasteiger partial charge on any atom is -0.293 e. The predicted molar refractivity (Wildman–Crippen MR) is 88.3 cm³/mol. The molecule has 5 heteroatoms. The molecule has 112 valence electrons. The third-order valence-electron chi connectivity index (χ3n) is 4.21. The molecule has 0 atom stereocenters. The molecule has 22 heavy (non-hydrogen) atoms. The lowest BCUT2D eigenvalue weighted by Gasteiger charge is -2.26. The third-order valence-corrected chi connectivity index (χ3v) is 5.23. The van der Waals surface area contributed by atoms with Gasteiger partial charge in [0.2, 0.25) is 0 Å². The van der Waals surface area contributed by atoms with Gasteiger partial charge >= 0.3 is 0 Å². The van der Waals surface area contributed by atoms with E-state index in [1.165, 1.54) is 10.4 Å². The SMILES string of the molecule is Cc1cccn2c(=O)cc(CN3CCc4sccc4C3)nc12. The van der Waals surface area contributed by atoms with Crippen LogP contribution in [0.4, 0.5) is 0 Å². The molecule has 1 aliphatic heterocycles. The second-order valence-electron chi connectivity index (χ2n) is 5.80. The lowest BCUT2D eigenvalue weighted by molar-refractivity contribution is 0.244. The second-order valence-corrected chi connectivity index (χ2v) is 6.80. The molecule has 4 rings (SSSR count). The van der Waals surface area contributed by atoms with E-state index in [0.717, 1.165) is 43.0 Å². The van der Waals surface area contributed by atoms with Crippen LogP contribution in [0.1, 0.15) is 21.7 Å². The lowest BCUT2D eigenvalue weighted by Crippen LogP contribution is -2.30. The van der Waals surface area contributed by atoms with Crippen molar-refractivity contribution < 1.29 is 0 Å². The summed E-state index contributed by atoms with van der Waals surface area (Å²) < 4.78 is 1.62. The van der Waals surface area contributed by atoms with Crippen LogP contribution in [-0.2, 0) is 19.5 Å². The Morgan fingerprint density at radius 3 is 3.18 bits per heavy atom. The first-order valence-electron chi connectivity index (χ1n) is 7.46. The van der Waals surface area contributed by atoms with Crippen LogP contribution in [0.5, 0.6) is 0 Å². The first kappa shape index (κ1) is 13.7. The molecule has 4 nitrogen and oxygen atoms in total. The third kappa shape index (κ3) is 2.36. The van der Waals surface area contributed by atoms with E-state index >= 15 is 0 Å². The molecule has 0 bridgehead atoms. The highest BCUT2D eigenvalue weighted by Gasteiger charge is 2.18. The van der Waals surface area contributed by atoms with Gasteiger partial charge in [0, 0.05) is 36.8 Å². The average Bonchev–Trinajstić information content (AvgIpc) is 2.96. The highest BCUT2D eigenvalue weighted by molar-refractivity contribution is 7.10. The number of hydrogen-bond donors (Lipinski definition) is 0. The molecule has 0 saturated carbocycles. The Morgan fingerprint density at radius 1 is 1.36 bits per heavy atom. The van der Waals surface area contributed by atoms with Crippen LogP contribution in [0, 0.1) is 6.92 Å². The minimum absolute atomic E-state index is 0.00284. The summed E-state index contributed by atoms with van der Waals surface area (Å²) in [5, 5.41) is 2.16. The molecule has 0 radical (unpaired) electrons. The van der Waals surface area contributed by atoms with Crippen LogP contribution >= 0.6 is 11.3 Å². The summed E-state index contributed by atoms with van der Waals surface area (Å²) in [5.74, 6) is 0. The minimum atomic E-state index is -0.00284. The largest absolute Gasteiger partial charge is 0.293 e. The molecular weight excluding hydrogens is 294 g/mol. The number of aryl methyl sites for hydroxylation is 1. The van der Waals surface area contributed by atoms with Gasteiger partial charge in [-0.1, -0.05) is 6.07 Å². The molecule has 0 spiro atoms. The van der Waals surface area contributed by atoms with E-state index in [-0.39, 0.29) is 5.56 Å². The van der Waals surface area contributed by atoms with E-state index in [1.807, 2.05) is 30.4 Å². The number of nitrogens with zero attached hydrogens (tertiary/aromatic N) is 3. The molecule has 3 aromatic rings. The fourth-order valence-electron chi connectivity index (χ4n) is 3.06. The van der Waals surface area contributed by atoms with Gasteiger partial charge in [-0.15, -0.1) is 11.3 Å². The zero-order chi connectivity index (χ0) is 15.1. The van der Waals surface area contributed by atoms with Crippen LogP contribution in [0.15, 0.2) is 40.6 Å². The van der Waals surface area contributed by atoms with Crippen molar-refractivity contribution in [1.29, 1.82) is 0 Å². The van der Waals surface area contributed by atoms with Crippen molar-refractivity contribution in [2.45, 2.75) is 26.4 Å². The van der Waals surface area contributed by atoms with Crippen molar-refractivity contribution in [2.75, 3.05) is 6.54 Å². The number of fused-ring (bicyclic) bond motifs is 2. The Bertz CT molecular complexity index is 896. The maximum absolute atomic E-state index is 12.3. The molecule has 3 aromatic heterocycles. The predicted octanol–water partition coefficient (Wildman–Crippen LogP) is 2.62. The van der Waals surface area contributed by atoms with E-state index < -0.39 is 0 Å². The molecule has 0 saturated heterocycles. The quantitative estimate of drug-likeness (QED) is 0.730. The topological polar surface area (TPSA) is 37.6 Å². The van der Waals surface area contributed by atoms with Crippen molar-refractivity contribution in [3.05, 3.63) is 67.9 Å². The van der Waals surface area contributed by atoms with Gasteiger partial charge in [-0.05, 0) is 42.0 Å². The Hall–Kier alpha value is -1.98. The highest BCUT2D eigenvalue weighted by Crippen LogP contribution is 2.24. The number of hydrogen-bond acceptors (Lipinski definition) is 4. The van der Waals surface area contributed by atoms with Gasteiger partial charge in [0.25, 0.3) is 5.56 Å². The van der Waals surface area contributed by atoms with Crippen molar-refractivity contribution in [3.63, 3.8) is 0 Å². The van der Waals surface area contributed by atoms with E-state index in [2.05, 4.69) is 16.3 Å². The van der Waals surface area contributed by atoms with Crippen LogP contribution in [0.2, 0.25) is 0 Å². The molecule has 0 amide bonds. The van der Waals surface area contributed by atoms with Crippen molar-refractivity contribution >= 4 is 17.0 Å². The number of aromatic nitrogens is 2. The second kappa shape index (κ2) is 5.34. The summed E-state index contributed by atoms with van der Waals surface area (Å²) in [5.41, 5.74) is 4.07. The first-order chi connectivity index (χ1) is 10.7. The zero-order valence-corrected chi connectivity index (χ0v) is 13.3. The smallest absolute Gasteiger partial charge is 0.258 e. The first-order valence-corrected chi connectivity index (χ1v) is 8.34. The lowest BCUT2D eigenvalue weighted by atomic mass is 10.1. The van der Waals surface area contributed by atoms with Gasteiger partial charge in [0.05, 0.1) is 5.69 Å². The fourth-order valence-corrected chi connectivity index (χ4v) is 3.95. The summed E-state index contributed by atoms with van der Waals surface area (Å²) in [6.07, 6.45) is 2.87.